The van der Waals surface area contributed by atoms with Crippen molar-refractivity contribution < 1.29 is 0 Å². The molecule has 14 aromatic carbocycles. The first-order valence-electron chi connectivity index (χ1n) is 33.6. The summed E-state index contributed by atoms with van der Waals surface area (Å²) in [5.41, 5.74) is 28.4. The van der Waals surface area contributed by atoms with Crippen LogP contribution in [0.15, 0.2) is 206 Å². The molecule has 14 aromatic rings. The number of thiol groups is 4. The van der Waals surface area contributed by atoms with Gasteiger partial charge in [0.2, 0.25) is 0 Å². The maximum atomic E-state index is 5.33. The summed E-state index contributed by atoms with van der Waals surface area (Å²) in [7, 11) is 0. The Balaban J connectivity index is 0.698. The number of benzene rings is 14. The van der Waals surface area contributed by atoms with E-state index in [0.717, 1.165) is 37.2 Å². The van der Waals surface area contributed by atoms with E-state index in [9.17, 15) is 0 Å². The van der Waals surface area contributed by atoms with Crippen molar-refractivity contribution in [1.29, 1.82) is 0 Å². The molecule has 3 aliphatic rings. The lowest BCUT2D eigenvalue weighted by Crippen LogP contribution is -2.28. The summed E-state index contributed by atoms with van der Waals surface area (Å²) in [6.07, 6.45) is 3.94. The molecule has 3 aliphatic carbocycles. The Bertz CT molecular complexity index is 5080. The van der Waals surface area contributed by atoms with E-state index in [1.165, 1.54) is 187 Å². The van der Waals surface area contributed by atoms with Crippen LogP contribution in [-0.2, 0) is 27.1 Å². The molecule has 0 heterocycles. The van der Waals surface area contributed by atoms with Gasteiger partial charge in [-0.3, -0.25) is 0 Å². The minimum atomic E-state index is -0.274. The van der Waals surface area contributed by atoms with Crippen LogP contribution >= 0.6 is 50.5 Å². The lowest BCUT2D eigenvalue weighted by Gasteiger charge is -2.31. The first-order chi connectivity index (χ1) is 44.8. The quantitative estimate of drug-likeness (QED) is 0.0680. The van der Waals surface area contributed by atoms with Crippen LogP contribution in [0, 0.1) is 0 Å². The largest absolute Gasteiger partial charge is 0.179 e. The van der Waals surface area contributed by atoms with Crippen molar-refractivity contribution in [1.82, 2.24) is 0 Å². The maximum Gasteiger partial charge on any atom is 0.0303 e. The van der Waals surface area contributed by atoms with Gasteiger partial charge in [0.1, 0.15) is 0 Å². The van der Waals surface area contributed by atoms with Crippen LogP contribution in [0.3, 0.4) is 0 Å². The second-order valence-electron chi connectivity index (χ2n) is 30.2. The Morgan fingerprint density at radius 3 is 0.871 bits per heavy atom. The predicted octanol–water partition coefficient (Wildman–Crippen LogP) is 24.9. The van der Waals surface area contributed by atoms with E-state index >= 15 is 0 Å². The summed E-state index contributed by atoms with van der Waals surface area (Å²) in [4.78, 5) is 0. The minimum Gasteiger partial charge on any atom is -0.179 e. The standard InChI is InChI=1S/C89H78S4/c1-85(2,3)63-39-59-13-11-51-15-25-65(73-33-23-61(41-63)81(59)83(51)73)57-21-31-71-69-29-19-55(45-77(69)88(49-92,35-9-37-90)79(71)47-57)53-17-27-67-68-28-18-54(44-76(68)87(7,8)75(67)43-53)56-20-30-70-72-32-22-58(48-80(72)89(50-93,36-10-38-91)78(70)46-56)66-26-16-52-12-14-60-40-64(86(4,5)6)42-62-24-34-74(66)84(52)82(60)62/h11-34,39-48,90-93H,9-10,35-38,49-50H2,1-8H3. The van der Waals surface area contributed by atoms with E-state index < -0.39 is 0 Å². The van der Waals surface area contributed by atoms with E-state index in [1.807, 2.05) is 0 Å². The molecule has 0 nitrogen and oxygen atoms in total. The third-order valence-electron chi connectivity index (χ3n) is 22.7. The van der Waals surface area contributed by atoms with Crippen LogP contribution in [0.2, 0.25) is 0 Å². The Morgan fingerprint density at radius 1 is 0.280 bits per heavy atom. The van der Waals surface area contributed by atoms with E-state index in [2.05, 4.69) is 262 Å². The van der Waals surface area contributed by atoms with Gasteiger partial charge in [0.05, 0.1) is 0 Å². The van der Waals surface area contributed by atoms with Crippen molar-refractivity contribution in [3.63, 3.8) is 0 Å². The van der Waals surface area contributed by atoms with Gasteiger partial charge in [-0.2, -0.15) is 50.5 Å². The summed E-state index contributed by atoms with van der Waals surface area (Å²) in [6.45, 7) is 18.7. The molecule has 0 fully saturated rings. The second-order valence-corrected chi connectivity index (χ2v) is 31.7. The topological polar surface area (TPSA) is 0 Å². The van der Waals surface area contributed by atoms with Crippen LogP contribution in [0.4, 0.5) is 0 Å². The molecule has 0 aliphatic heterocycles. The maximum absolute atomic E-state index is 5.33. The minimum absolute atomic E-state index is 0.0670. The summed E-state index contributed by atoms with van der Waals surface area (Å²) in [6, 6.07) is 81.4. The van der Waals surface area contributed by atoms with Crippen LogP contribution < -0.4 is 0 Å². The average molecular weight is 1280 g/mol. The molecule has 0 bridgehead atoms. The molecule has 93 heavy (non-hydrogen) atoms. The highest BCUT2D eigenvalue weighted by Gasteiger charge is 2.45. The Morgan fingerprint density at radius 2 is 0.548 bits per heavy atom. The van der Waals surface area contributed by atoms with Crippen molar-refractivity contribution in [3.8, 4) is 77.9 Å². The van der Waals surface area contributed by atoms with Gasteiger partial charge in [-0.15, -0.1) is 0 Å². The molecule has 0 saturated heterocycles. The normalized spacial score (nSPS) is 17.1. The molecule has 4 heteroatoms. The predicted molar refractivity (Wildman–Crippen MR) is 417 cm³/mol. The Hall–Kier alpha value is -7.44. The fourth-order valence-corrected chi connectivity index (χ4v) is 18.9. The highest BCUT2D eigenvalue weighted by atomic mass is 32.1. The number of hydrogen-bond acceptors (Lipinski definition) is 4. The van der Waals surface area contributed by atoms with E-state index in [1.54, 1.807) is 0 Å². The van der Waals surface area contributed by atoms with Crippen molar-refractivity contribution in [3.05, 3.63) is 251 Å². The molecule has 0 amide bonds. The third kappa shape index (κ3) is 8.76. The van der Waals surface area contributed by atoms with Gasteiger partial charge in [-0.1, -0.05) is 225 Å². The summed E-state index contributed by atoms with van der Waals surface area (Å²) >= 11 is 20.3. The molecule has 2 atom stereocenters. The van der Waals surface area contributed by atoms with Crippen LogP contribution in [0.1, 0.15) is 126 Å². The zero-order valence-electron chi connectivity index (χ0n) is 54.6. The van der Waals surface area contributed by atoms with Gasteiger partial charge < -0.3 is 0 Å². The summed E-state index contributed by atoms with van der Waals surface area (Å²) in [5, 5.41) is 15.9. The third-order valence-corrected chi connectivity index (χ3v) is 24.4. The first kappa shape index (κ1) is 59.3. The van der Waals surface area contributed by atoms with Crippen molar-refractivity contribution in [2.45, 2.75) is 108 Å². The summed E-state index contributed by atoms with van der Waals surface area (Å²) in [5.74, 6) is 3.07. The summed E-state index contributed by atoms with van der Waals surface area (Å²) < 4.78 is 0. The molecule has 2 unspecified atom stereocenters. The molecule has 0 spiro atoms. The number of rotatable bonds is 12. The average Bonchev–Trinajstić information content (AvgIpc) is 1.72. The number of fused-ring (bicyclic) bond motifs is 9. The van der Waals surface area contributed by atoms with Crippen molar-refractivity contribution in [2.24, 2.45) is 0 Å². The SMILES string of the molecule is CC(C)(C)c1cc2ccc3ccc(-c4ccc5c(c4)C(CS)(CCCS)c4cc(-c6ccc7c(c6)C(C)(C)c6cc(-c8ccc9c(c8)C(CS)(CCCS)c8cc(-c%10ccc%11ccc%12cc(C(C)(C)C)cc%13ccc%10c%11c%12%13)ccc8-9)ccc6-7)ccc4-5)c4ccc(c1)c2c34. The smallest absolute Gasteiger partial charge is 0.0303 e. The van der Waals surface area contributed by atoms with Crippen LogP contribution in [-0.4, -0.2) is 23.0 Å². The van der Waals surface area contributed by atoms with Crippen LogP contribution in [0.25, 0.3) is 143 Å². The van der Waals surface area contributed by atoms with Gasteiger partial charge in [0.15, 0.2) is 0 Å². The van der Waals surface area contributed by atoms with Crippen molar-refractivity contribution in [2.75, 3.05) is 23.0 Å². The molecule has 0 saturated carbocycles. The molecule has 17 rings (SSSR count). The lowest BCUT2D eigenvalue weighted by atomic mass is 9.75. The van der Waals surface area contributed by atoms with Gasteiger partial charge >= 0.3 is 0 Å². The van der Waals surface area contributed by atoms with Gasteiger partial charge in [0.25, 0.3) is 0 Å². The Kier molecular flexibility index (Phi) is 13.6. The Labute approximate surface area is 570 Å². The molecular weight excluding hydrogens is 1200 g/mol. The number of hydrogen-bond donors (Lipinski definition) is 4. The molecule has 458 valence electrons. The highest BCUT2D eigenvalue weighted by Crippen LogP contribution is 2.58. The fraction of sp³-hybridized carbons (Fsp3) is 0.236. The zero-order chi connectivity index (χ0) is 63.8. The van der Waals surface area contributed by atoms with Gasteiger partial charge in [-0.05, 0) is 271 Å². The molecule has 0 aromatic heterocycles. The second kappa shape index (κ2) is 21.3. The zero-order valence-corrected chi connectivity index (χ0v) is 58.2. The van der Waals surface area contributed by atoms with Gasteiger partial charge in [-0.25, -0.2) is 0 Å². The van der Waals surface area contributed by atoms with Gasteiger partial charge in [0, 0.05) is 27.8 Å². The first-order valence-corrected chi connectivity index (χ1v) is 36.2. The lowest BCUT2D eigenvalue weighted by molar-refractivity contribution is 0.537. The monoisotopic (exact) mass is 1270 g/mol. The molecule has 0 N–H and O–H groups in total. The molecular formula is C89H78S4. The highest BCUT2D eigenvalue weighted by molar-refractivity contribution is 7.80. The fourth-order valence-electron chi connectivity index (χ4n) is 17.6. The van der Waals surface area contributed by atoms with E-state index in [0.29, 0.717) is 11.5 Å². The van der Waals surface area contributed by atoms with E-state index in [-0.39, 0.29) is 27.1 Å². The molecule has 0 radical (unpaired) electrons. The van der Waals surface area contributed by atoms with E-state index in [4.69, 9.17) is 50.5 Å². The van der Waals surface area contributed by atoms with Crippen molar-refractivity contribution >= 4 is 115 Å². The van der Waals surface area contributed by atoms with Crippen LogP contribution in [0.5, 0.6) is 0 Å².